The minimum absolute atomic E-state index is 0.0265. The van der Waals surface area contributed by atoms with Crippen LogP contribution in [0, 0.1) is 11.6 Å². The monoisotopic (exact) mass is 370 g/mol. The van der Waals surface area contributed by atoms with E-state index in [0.717, 1.165) is 5.69 Å². The largest absolute Gasteiger partial charge is 0.412 e. The minimum atomic E-state index is -0.493. The molecule has 1 fully saturated rings. The Morgan fingerprint density at radius 2 is 1.63 bits per heavy atom. The molecule has 8 heteroatoms. The Balaban J connectivity index is 1.43. The van der Waals surface area contributed by atoms with Gasteiger partial charge < -0.3 is 14.2 Å². The predicted molar refractivity (Wildman–Crippen MR) is 94.2 cm³/mol. The Bertz CT molecular complexity index is 950. The maximum absolute atomic E-state index is 13.8. The van der Waals surface area contributed by atoms with Crippen molar-refractivity contribution in [3.05, 3.63) is 66.1 Å². The van der Waals surface area contributed by atoms with Crippen LogP contribution in [-0.4, -0.2) is 47.2 Å². The lowest BCUT2D eigenvalue weighted by Gasteiger charge is -2.35. The van der Waals surface area contributed by atoms with E-state index in [0.29, 0.717) is 26.2 Å². The normalized spacial score (nSPS) is 14.4. The number of halogens is 2. The predicted octanol–water partition coefficient (Wildman–Crippen LogP) is 2.98. The highest BCUT2D eigenvalue weighted by molar-refractivity contribution is 5.90. The molecule has 27 heavy (non-hydrogen) atoms. The number of anilines is 1. The third-order valence-corrected chi connectivity index (χ3v) is 4.47. The molecule has 0 atom stereocenters. The highest BCUT2D eigenvalue weighted by Gasteiger charge is 2.26. The Morgan fingerprint density at radius 1 is 0.926 bits per heavy atom. The number of nitrogens with zero attached hydrogens (tertiary/aromatic N) is 4. The number of carbonyl (C=O) groups is 1. The molecular formula is C19H16F2N4O2. The number of rotatable bonds is 3. The van der Waals surface area contributed by atoms with Gasteiger partial charge in [0.05, 0.1) is 5.56 Å². The molecule has 1 aliphatic rings. The molecule has 0 aliphatic carbocycles. The van der Waals surface area contributed by atoms with E-state index in [2.05, 4.69) is 15.1 Å². The molecule has 0 spiro atoms. The molecule has 0 radical (unpaired) electrons. The standard InChI is InChI=1S/C19H16F2N4O2/c20-13-5-7-14(8-6-13)24-9-11-25(12-10-24)19(26)18-23-22-17(27-18)15-3-1-2-4-16(15)21/h1-8H,9-12H2. The molecule has 138 valence electrons. The maximum atomic E-state index is 13.8. The van der Waals surface area contributed by atoms with Crippen molar-refractivity contribution in [3.63, 3.8) is 0 Å². The van der Waals surface area contributed by atoms with E-state index in [9.17, 15) is 13.6 Å². The fourth-order valence-corrected chi connectivity index (χ4v) is 3.01. The molecule has 0 saturated carbocycles. The molecule has 1 aliphatic heterocycles. The van der Waals surface area contributed by atoms with Gasteiger partial charge in [0.1, 0.15) is 11.6 Å². The molecular weight excluding hydrogens is 354 g/mol. The number of aromatic nitrogens is 2. The van der Waals surface area contributed by atoms with Crippen LogP contribution in [0.5, 0.6) is 0 Å². The van der Waals surface area contributed by atoms with Gasteiger partial charge in [-0.2, -0.15) is 0 Å². The molecule has 2 heterocycles. The number of hydrogen-bond acceptors (Lipinski definition) is 5. The van der Waals surface area contributed by atoms with Crippen LogP contribution >= 0.6 is 0 Å². The SMILES string of the molecule is O=C(c1nnc(-c2ccccc2F)o1)N1CCN(c2ccc(F)cc2)CC1. The van der Waals surface area contributed by atoms with Crippen molar-refractivity contribution in [1.29, 1.82) is 0 Å². The van der Waals surface area contributed by atoms with Gasteiger partial charge in [0.2, 0.25) is 0 Å². The van der Waals surface area contributed by atoms with E-state index < -0.39 is 5.82 Å². The molecule has 1 amide bonds. The van der Waals surface area contributed by atoms with E-state index in [-0.39, 0.29) is 29.1 Å². The summed E-state index contributed by atoms with van der Waals surface area (Å²) >= 11 is 0. The summed E-state index contributed by atoms with van der Waals surface area (Å²) in [6, 6.07) is 12.3. The van der Waals surface area contributed by atoms with Gasteiger partial charge in [-0.05, 0) is 36.4 Å². The van der Waals surface area contributed by atoms with Crippen molar-refractivity contribution >= 4 is 11.6 Å². The molecule has 0 unspecified atom stereocenters. The molecule has 4 rings (SSSR count). The van der Waals surface area contributed by atoms with Crippen molar-refractivity contribution in [2.24, 2.45) is 0 Å². The first-order chi connectivity index (χ1) is 13.1. The number of piperazine rings is 1. The molecule has 3 aromatic rings. The van der Waals surface area contributed by atoms with Gasteiger partial charge in [-0.3, -0.25) is 4.79 Å². The lowest BCUT2D eigenvalue weighted by Crippen LogP contribution is -2.48. The summed E-state index contributed by atoms with van der Waals surface area (Å²) in [6.07, 6.45) is 0. The number of amides is 1. The summed E-state index contributed by atoms with van der Waals surface area (Å²) in [5.41, 5.74) is 1.06. The van der Waals surface area contributed by atoms with Gasteiger partial charge in [0.15, 0.2) is 0 Å². The van der Waals surface area contributed by atoms with Gasteiger partial charge >= 0.3 is 11.8 Å². The Labute approximate surface area is 154 Å². The van der Waals surface area contributed by atoms with Crippen LogP contribution in [0.2, 0.25) is 0 Å². The topological polar surface area (TPSA) is 62.5 Å². The van der Waals surface area contributed by atoms with Crippen molar-refractivity contribution in [1.82, 2.24) is 15.1 Å². The van der Waals surface area contributed by atoms with E-state index >= 15 is 0 Å². The minimum Gasteiger partial charge on any atom is -0.412 e. The summed E-state index contributed by atoms with van der Waals surface area (Å²) in [5.74, 6) is -1.35. The smallest absolute Gasteiger partial charge is 0.311 e. The average molecular weight is 370 g/mol. The van der Waals surface area contributed by atoms with Gasteiger partial charge in [0.25, 0.3) is 5.89 Å². The third kappa shape index (κ3) is 3.51. The van der Waals surface area contributed by atoms with Gasteiger partial charge in [-0.15, -0.1) is 10.2 Å². The van der Waals surface area contributed by atoms with Crippen molar-refractivity contribution in [3.8, 4) is 11.5 Å². The fraction of sp³-hybridized carbons (Fsp3) is 0.211. The lowest BCUT2D eigenvalue weighted by atomic mass is 10.2. The van der Waals surface area contributed by atoms with Crippen molar-refractivity contribution in [2.75, 3.05) is 31.1 Å². The van der Waals surface area contributed by atoms with Crippen LogP contribution in [0.1, 0.15) is 10.7 Å². The van der Waals surface area contributed by atoms with Crippen LogP contribution in [0.3, 0.4) is 0 Å². The van der Waals surface area contributed by atoms with E-state index in [4.69, 9.17) is 4.42 Å². The van der Waals surface area contributed by atoms with Crippen molar-refractivity contribution < 1.29 is 18.0 Å². The Hall–Kier alpha value is -3.29. The fourth-order valence-electron chi connectivity index (χ4n) is 3.01. The first-order valence-corrected chi connectivity index (χ1v) is 8.50. The molecule has 2 aromatic carbocycles. The van der Waals surface area contributed by atoms with Gasteiger partial charge in [-0.1, -0.05) is 12.1 Å². The Morgan fingerprint density at radius 3 is 2.33 bits per heavy atom. The number of benzene rings is 2. The van der Waals surface area contributed by atoms with Crippen LogP contribution in [0.25, 0.3) is 11.5 Å². The van der Waals surface area contributed by atoms with Crippen LogP contribution in [0.15, 0.2) is 52.9 Å². The number of carbonyl (C=O) groups excluding carboxylic acids is 1. The van der Waals surface area contributed by atoms with Crippen molar-refractivity contribution in [2.45, 2.75) is 0 Å². The van der Waals surface area contributed by atoms with E-state index in [1.165, 1.54) is 24.3 Å². The lowest BCUT2D eigenvalue weighted by molar-refractivity contribution is 0.0707. The summed E-state index contributed by atoms with van der Waals surface area (Å²) in [7, 11) is 0. The number of hydrogen-bond donors (Lipinski definition) is 0. The first-order valence-electron chi connectivity index (χ1n) is 8.50. The average Bonchev–Trinajstić information content (AvgIpc) is 3.18. The first kappa shape index (κ1) is 17.1. The zero-order valence-electron chi connectivity index (χ0n) is 14.3. The molecule has 1 saturated heterocycles. The summed E-state index contributed by atoms with van der Waals surface area (Å²) in [5, 5.41) is 7.55. The molecule has 6 nitrogen and oxygen atoms in total. The second kappa shape index (κ2) is 7.14. The highest BCUT2D eigenvalue weighted by Crippen LogP contribution is 2.22. The zero-order valence-corrected chi connectivity index (χ0v) is 14.3. The summed E-state index contributed by atoms with van der Waals surface area (Å²) in [6.45, 7) is 2.14. The van der Waals surface area contributed by atoms with Crippen LogP contribution < -0.4 is 4.90 Å². The van der Waals surface area contributed by atoms with Gasteiger partial charge in [-0.25, -0.2) is 8.78 Å². The van der Waals surface area contributed by atoms with Gasteiger partial charge in [0, 0.05) is 31.9 Å². The summed E-state index contributed by atoms with van der Waals surface area (Å²) < 4.78 is 32.2. The van der Waals surface area contributed by atoms with E-state index in [1.807, 2.05) is 0 Å². The molecule has 1 aromatic heterocycles. The highest BCUT2D eigenvalue weighted by atomic mass is 19.1. The molecule has 0 N–H and O–H groups in total. The zero-order chi connectivity index (χ0) is 18.8. The third-order valence-electron chi connectivity index (χ3n) is 4.47. The Kier molecular flexibility index (Phi) is 4.53. The second-order valence-corrected chi connectivity index (χ2v) is 6.15. The van der Waals surface area contributed by atoms with E-state index in [1.54, 1.807) is 29.2 Å². The maximum Gasteiger partial charge on any atom is 0.311 e. The quantitative estimate of drug-likeness (QED) is 0.709. The van der Waals surface area contributed by atoms with Crippen LogP contribution in [0.4, 0.5) is 14.5 Å². The van der Waals surface area contributed by atoms with Crippen LogP contribution in [-0.2, 0) is 0 Å². The second-order valence-electron chi connectivity index (χ2n) is 6.15. The molecule has 0 bridgehead atoms. The summed E-state index contributed by atoms with van der Waals surface area (Å²) in [4.78, 5) is 16.3.